The zero-order valence-electron chi connectivity index (χ0n) is 15.5. The largest absolute Gasteiger partial charge is 0.337 e. The maximum atomic E-state index is 12.8. The first kappa shape index (κ1) is 21.0. The Labute approximate surface area is 187 Å². The Kier molecular flexibility index (Phi) is 5.95. The molecule has 0 unspecified atom stereocenters. The van der Waals surface area contributed by atoms with Crippen molar-refractivity contribution in [3.63, 3.8) is 0 Å². The van der Waals surface area contributed by atoms with Crippen LogP contribution in [-0.4, -0.2) is 31.8 Å². The molecule has 0 bridgehead atoms. The van der Waals surface area contributed by atoms with Crippen LogP contribution in [0.15, 0.2) is 52.7 Å². The first-order chi connectivity index (χ1) is 14.4. The third kappa shape index (κ3) is 4.43. The van der Waals surface area contributed by atoms with Crippen LogP contribution in [0, 0.1) is 11.3 Å². The van der Waals surface area contributed by atoms with Gasteiger partial charge in [0.25, 0.3) is 10.0 Å². The van der Waals surface area contributed by atoms with E-state index in [0.717, 1.165) is 26.7 Å². The minimum atomic E-state index is -3.81. The van der Waals surface area contributed by atoms with Gasteiger partial charge in [-0.2, -0.15) is 9.98 Å². The number of halogens is 1. The van der Waals surface area contributed by atoms with Crippen LogP contribution in [0.2, 0.25) is 4.34 Å². The van der Waals surface area contributed by atoms with E-state index in [1.54, 1.807) is 41.3 Å². The van der Waals surface area contributed by atoms with Crippen molar-refractivity contribution in [3.05, 3.63) is 64.0 Å². The monoisotopic (exact) mass is 477 g/mol. The molecule has 0 spiro atoms. The maximum absolute atomic E-state index is 12.8. The van der Waals surface area contributed by atoms with Crippen LogP contribution in [0.4, 0.5) is 0 Å². The van der Waals surface area contributed by atoms with E-state index in [2.05, 4.69) is 10.8 Å². The van der Waals surface area contributed by atoms with Crippen molar-refractivity contribution in [1.82, 2.24) is 9.62 Å². The molecule has 10 heteroatoms. The number of nitrogens with zero attached hydrogens (tertiary/aromatic N) is 2. The standard InChI is InChI=1S/C20H16ClN3O3S3/c21-18-6-4-16(28-18)17-5-7-19(29-17)30(26,27)23-15-8-9-24(20(15)25)12-14-3-1-2-13(10-14)11-22/h1-7,10,15,23H,8-9,12H2/t15-/m0/s1. The number of amides is 1. The Balaban J connectivity index is 1.44. The SMILES string of the molecule is N#Cc1cccc(CN2CC[C@H](NS(=O)(=O)c3ccc(-c4ccc(Cl)s4)s3)C2=O)c1. The van der Waals surface area contributed by atoms with Gasteiger partial charge >= 0.3 is 0 Å². The highest BCUT2D eigenvalue weighted by molar-refractivity contribution is 7.91. The first-order valence-electron chi connectivity index (χ1n) is 9.01. The van der Waals surface area contributed by atoms with E-state index in [1.165, 1.54) is 11.3 Å². The summed E-state index contributed by atoms with van der Waals surface area (Å²) in [5.41, 5.74) is 1.36. The molecule has 3 heterocycles. The number of benzene rings is 1. The van der Waals surface area contributed by atoms with Gasteiger partial charge in [0, 0.05) is 22.8 Å². The Morgan fingerprint density at radius 3 is 2.67 bits per heavy atom. The summed E-state index contributed by atoms with van der Waals surface area (Å²) >= 11 is 8.49. The van der Waals surface area contributed by atoms with Gasteiger partial charge in [-0.15, -0.1) is 22.7 Å². The number of likely N-dealkylation sites (tertiary alicyclic amines) is 1. The number of carbonyl (C=O) groups is 1. The molecule has 1 aromatic carbocycles. The molecule has 1 saturated heterocycles. The minimum absolute atomic E-state index is 0.162. The summed E-state index contributed by atoms with van der Waals surface area (Å²) in [6.07, 6.45) is 0.398. The number of nitrogens with one attached hydrogen (secondary N) is 1. The average molecular weight is 478 g/mol. The molecule has 154 valence electrons. The number of carbonyl (C=O) groups excluding carboxylic acids is 1. The van der Waals surface area contributed by atoms with Gasteiger partial charge in [0.1, 0.15) is 10.3 Å². The van der Waals surface area contributed by atoms with Crippen LogP contribution in [-0.2, 0) is 21.4 Å². The van der Waals surface area contributed by atoms with Crippen molar-refractivity contribution in [1.29, 1.82) is 5.26 Å². The van der Waals surface area contributed by atoms with Crippen molar-refractivity contribution < 1.29 is 13.2 Å². The highest BCUT2D eigenvalue weighted by atomic mass is 35.5. The molecule has 30 heavy (non-hydrogen) atoms. The van der Waals surface area contributed by atoms with Crippen molar-refractivity contribution in [2.24, 2.45) is 0 Å². The zero-order valence-corrected chi connectivity index (χ0v) is 18.7. The third-order valence-corrected chi connectivity index (χ3v) is 9.16. The number of sulfonamides is 1. The normalized spacial score (nSPS) is 16.7. The fourth-order valence-electron chi connectivity index (χ4n) is 3.25. The van der Waals surface area contributed by atoms with Gasteiger partial charge in [-0.25, -0.2) is 8.42 Å². The van der Waals surface area contributed by atoms with Crippen LogP contribution in [0.3, 0.4) is 0 Å². The van der Waals surface area contributed by atoms with Crippen LogP contribution < -0.4 is 4.72 Å². The van der Waals surface area contributed by atoms with Gasteiger partial charge < -0.3 is 4.90 Å². The molecule has 2 aromatic heterocycles. The average Bonchev–Trinajstić information content (AvgIpc) is 3.45. The van der Waals surface area contributed by atoms with Crippen LogP contribution in [0.25, 0.3) is 9.75 Å². The lowest BCUT2D eigenvalue weighted by Crippen LogP contribution is -2.41. The summed E-state index contributed by atoms with van der Waals surface area (Å²) in [6.45, 7) is 0.793. The summed E-state index contributed by atoms with van der Waals surface area (Å²) in [5, 5.41) is 9.02. The van der Waals surface area contributed by atoms with Crippen LogP contribution in [0.5, 0.6) is 0 Å². The maximum Gasteiger partial charge on any atom is 0.250 e. The van der Waals surface area contributed by atoms with Crippen molar-refractivity contribution in [2.75, 3.05) is 6.54 Å². The minimum Gasteiger partial charge on any atom is -0.337 e. The number of hydrogen-bond donors (Lipinski definition) is 1. The summed E-state index contributed by atoms with van der Waals surface area (Å²) in [5.74, 6) is -0.261. The van der Waals surface area contributed by atoms with Gasteiger partial charge in [-0.05, 0) is 48.4 Å². The lowest BCUT2D eigenvalue weighted by molar-refractivity contribution is -0.129. The van der Waals surface area contributed by atoms with E-state index in [9.17, 15) is 13.2 Å². The second kappa shape index (κ2) is 8.49. The molecule has 1 aliphatic heterocycles. The topological polar surface area (TPSA) is 90.3 Å². The lowest BCUT2D eigenvalue weighted by Gasteiger charge is -2.17. The zero-order chi connectivity index (χ0) is 21.3. The molecule has 1 fully saturated rings. The summed E-state index contributed by atoms with van der Waals surface area (Å²) < 4.78 is 28.9. The van der Waals surface area contributed by atoms with Gasteiger partial charge in [-0.3, -0.25) is 4.79 Å². The molecule has 0 saturated carbocycles. The number of nitriles is 1. The molecular formula is C20H16ClN3O3S3. The van der Waals surface area contributed by atoms with Gasteiger partial charge in [-0.1, -0.05) is 23.7 Å². The molecule has 0 aliphatic carbocycles. The third-order valence-electron chi connectivity index (χ3n) is 4.69. The Bertz CT molecular complexity index is 1240. The fraction of sp³-hybridized carbons (Fsp3) is 0.200. The number of hydrogen-bond acceptors (Lipinski definition) is 6. The van der Waals surface area contributed by atoms with Crippen molar-refractivity contribution in [3.8, 4) is 15.8 Å². The predicted octanol–water partition coefficient (Wildman–Crippen LogP) is 4.08. The quantitative estimate of drug-likeness (QED) is 0.579. The smallest absolute Gasteiger partial charge is 0.250 e. The molecule has 1 aliphatic rings. The summed E-state index contributed by atoms with van der Waals surface area (Å²) in [7, 11) is -3.81. The molecule has 4 rings (SSSR count). The molecule has 0 radical (unpaired) electrons. The van der Waals surface area contributed by atoms with E-state index in [1.807, 2.05) is 12.1 Å². The Morgan fingerprint density at radius 2 is 1.93 bits per heavy atom. The van der Waals surface area contributed by atoms with E-state index >= 15 is 0 Å². The highest BCUT2D eigenvalue weighted by Gasteiger charge is 2.35. The Hall–Kier alpha value is -2.22. The molecule has 1 atom stereocenters. The van der Waals surface area contributed by atoms with Crippen molar-refractivity contribution >= 4 is 50.2 Å². The van der Waals surface area contributed by atoms with E-state index in [-0.39, 0.29) is 10.1 Å². The second-order valence-electron chi connectivity index (χ2n) is 6.76. The molecule has 1 amide bonds. The molecule has 6 nitrogen and oxygen atoms in total. The number of thiophene rings is 2. The molecule has 3 aromatic rings. The van der Waals surface area contributed by atoms with E-state index < -0.39 is 16.1 Å². The first-order valence-corrected chi connectivity index (χ1v) is 12.5. The fourth-order valence-corrected chi connectivity index (χ4v) is 6.93. The van der Waals surface area contributed by atoms with E-state index in [4.69, 9.17) is 16.9 Å². The summed E-state index contributed by atoms with van der Waals surface area (Å²) in [4.78, 5) is 16.0. The van der Waals surface area contributed by atoms with Gasteiger partial charge in [0.2, 0.25) is 5.91 Å². The molecular weight excluding hydrogens is 462 g/mol. The van der Waals surface area contributed by atoms with Gasteiger partial charge in [0.15, 0.2) is 0 Å². The number of rotatable bonds is 6. The van der Waals surface area contributed by atoms with Crippen LogP contribution in [0.1, 0.15) is 17.5 Å². The Morgan fingerprint density at radius 1 is 1.17 bits per heavy atom. The summed E-state index contributed by atoms with van der Waals surface area (Å²) in [6, 6.07) is 15.2. The predicted molar refractivity (Wildman–Crippen MR) is 118 cm³/mol. The highest BCUT2D eigenvalue weighted by Crippen LogP contribution is 2.36. The molecule has 1 N–H and O–H groups in total. The van der Waals surface area contributed by atoms with E-state index in [0.29, 0.717) is 29.4 Å². The second-order valence-corrected chi connectivity index (χ2v) is 11.5. The van der Waals surface area contributed by atoms with Gasteiger partial charge in [0.05, 0.1) is 16.0 Å². The van der Waals surface area contributed by atoms with Crippen LogP contribution >= 0.6 is 34.3 Å². The lowest BCUT2D eigenvalue weighted by atomic mass is 10.1. The van der Waals surface area contributed by atoms with Crippen molar-refractivity contribution in [2.45, 2.75) is 23.2 Å².